The maximum Gasteiger partial charge on any atom is 0.269 e. The molecule has 0 radical (unpaired) electrons. The molecule has 0 aliphatic carbocycles. The van der Waals surface area contributed by atoms with Crippen molar-refractivity contribution in [2.75, 3.05) is 0 Å². The highest BCUT2D eigenvalue weighted by Crippen LogP contribution is 2.39. The minimum Gasteiger partial charge on any atom is -0.488 e. The van der Waals surface area contributed by atoms with E-state index in [0.29, 0.717) is 27.6 Å². The van der Waals surface area contributed by atoms with Crippen LogP contribution in [0.3, 0.4) is 0 Å². The molecule has 0 saturated carbocycles. The third-order valence-corrected chi connectivity index (χ3v) is 5.00. The molecular weight excluding hydrogens is 406 g/mol. The number of carbonyl (C=O) groups is 1. The molecule has 0 unspecified atom stereocenters. The topological polar surface area (TPSA) is 78.7 Å². The van der Waals surface area contributed by atoms with E-state index >= 15 is 0 Å². The number of hydrogen-bond donors (Lipinski definition) is 0. The predicted molar refractivity (Wildman–Crippen MR) is 113 cm³/mol. The largest absolute Gasteiger partial charge is 0.488 e. The highest BCUT2D eigenvalue weighted by atomic mass is 35.5. The fraction of sp³-hybridized carbons (Fsp3) is 0.0870. The summed E-state index contributed by atoms with van der Waals surface area (Å²) in [5.41, 5.74) is 2.82. The number of benzene rings is 3. The molecule has 0 spiro atoms. The second kappa shape index (κ2) is 8.00. The summed E-state index contributed by atoms with van der Waals surface area (Å²) in [4.78, 5) is 23.0. The van der Waals surface area contributed by atoms with Crippen LogP contribution in [0, 0.1) is 17.0 Å². The Morgan fingerprint density at radius 1 is 1.07 bits per heavy atom. The van der Waals surface area contributed by atoms with Crippen LogP contribution < -0.4 is 9.47 Å². The summed E-state index contributed by atoms with van der Waals surface area (Å²) in [6.07, 6.45) is 1.68. The van der Waals surface area contributed by atoms with Crippen LogP contribution in [0.4, 0.5) is 5.69 Å². The number of ketones is 1. The van der Waals surface area contributed by atoms with Crippen LogP contribution in [-0.4, -0.2) is 10.7 Å². The zero-order valence-corrected chi connectivity index (χ0v) is 16.7. The number of allylic oxidation sites excluding steroid dienone is 1. The minimum atomic E-state index is -0.446. The number of fused-ring (bicyclic) bond motifs is 1. The Balaban J connectivity index is 1.52. The van der Waals surface area contributed by atoms with Crippen LogP contribution in [0.15, 0.2) is 66.4 Å². The number of ether oxygens (including phenoxy) is 2. The first-order valence-electron chi connectivity index (χ1n) is 9.12. The number of rotatable bonds is 5. The van der Waals surface area contributed by atoms with Crippen LogP contribution in [0.25, 0.3) is 6.08 Å². The molecule has 3 aromatic rings. The third-order valence-electron chi connectivity index (χ3n) is 4.75. The number of non-ortho nitro benzene ring substituents is 1. The van der Waals surface area contributed by atoms with Crippen molar-refractivity contribution in [2.45, 2.75) is 13.5 Å². The average molecular weight is 422 g/mol. The lowest BCUT2D eigenvalue weighted by atomic mass is 10.1. The van der Waals surface area contributed by atoms with Crippen LogP contribution in [0.2, 0.25) is 5.02 Å². The SMILES string of the molecule is Cc1c(OCc2ccc([N+](=O)[O-])cc2)ccc2c1O/C(=C\c1ccc(Cl)cc1)C2=O. The van der Waals surface area contributed by atoms with Gasteiger partial charge in [0.15, 0.2) is 5.76 Å². The smallest absolute Gasteiger partial charge is 0.269 e. The second-order valence-corrected chi connectivity index (χ2v) is 7.21. The fourth-order valence-electron chi connectivity index (χ4n) is 3.11. The lowest BCUT2D eigenvalue weighted by Gasteiger charge is -2.11. The molecule has 150 valence electrons. The van der Waals surface area contributed by atoms with Crippen LogP contribution in [0.5, 0.6) is 11.5 Å². The van der Waals surface area contributed by atoms with Gasteiger partial charge in [-0.05, 0) is 60.5 Å². The first kappa shape index (κ1) is 19.7. The Morgan fingerprint density at radius 2 is 1.77 bits per heavy atom. The number of halogens is 1. The molecule has 30 heavy (non-hydrogen) atoms. The summed E-state index contributed by atoms with van der Waals surface area (Å²) in [6.45, 7) is 2.06. The molecule has 1 aliphatic heterocycles. The first-order chi connectivity index (χ1) is 14.4. The molecule has 0 N–H and O–H groups in total. The van der Waals surface area contributed by atoms with Gasteiger partial charge in [0.1, 0.15) is 18.1 Å². The summed E-state index contributed by atoms with van der Waals surface area (Å²) in [5, 5.41) is 11.4. The third kappa shape index (κ3) is 3.90. The van der Waals surface area contributed by atoms with Gasteiger partial charge in [-0.25, -0.2) is 0 Å². The molecular formula is C23H16ClNO5. The molecule has 0 aromatic heterocycles. The van der Waals surface area contributed by atoms with Crippen molar-refractivity contribution in [3.63, 3.8) is 0 Å². The van der Waals surface area contributed by atoms with Gasteiger partial charge in [-0.3, -0.25) is 14.9 Å². The summed E-state index contributed by atoms with van der Waals surface area (Å²) in [6, 6.07) is 16.7. The van der Waals surface area contributed by atoms with Gasteiger partial charge in [0.05, 0.1) is 10.5 Å². The maximum absolute atomic E-state index is 12.7. The van der Waals surface area contributed by atoms with E-state index in [0.717, 1.165) is 11.1 Å². The lowest BCUT2D eigenvalue weighted by molar-refractivity contribution is -0.384. The molecule has 0 saturated heterocycles. The Morgan fingerprint density at radius 3 is 2.43 bits per heavy atom. The van der Waals surface area contributed by atoms with E-state index in [9.17, 15) is 14.9 Å². The van der Waals surface area contributed by atoms with E-state index < -0.39 is 4.92 Å². The van der Waals surface area contributed by atoms with Gasteiger partial charge < -0.3 is 9.47 Å². The Labute approximate surface area is 177 Å². The Hall–Kier alpha value is -3.64. The average Bonchev–Trinajstić information content (AvgIpc) is 3.06. The minimum absolute atomic E-state index is 0.0272. The van der Waals surface area contributed by atoms with Gasteiger partial charge in [-0.1, -0.05) is 23.7 Å². The number of hydrogen-bond acceptors (Lipinski definition) is 5. The van der Waals surface area contributed by atoms with Gasteiger partial charge >= 0.3 is 0 Å². The summed E-state index contributed by atoms with van der Waals surface area (Å²) < 4.78 is 11.7. The lowest BCUT2D eigenvalue weighted by Crippen LogP contribution is -1.99. The van der Waals surface area contributed by atoms with E-state index in [1.807, 2.05) is 6.92 Å². The number of nitrogens with zero attached hydrogens (tertiary/aromatic N) is 1. The van der Waals surface area contributed by atoms with Gasteiger partial charge in [-0.15, -0.1) is 0 Å². The molecule has 0 fully saturated rings. The quantitative estimate of drug-likeness (QED) is 0.297. The Bertz CT molecular complexity index is 1170. The standard InChI is InChI=1S/C23H16ClNO5/c1-14-20(29-13-16-4-8-18(9-5-16)25(27)28)11-10-19-22(26)21(30-23(14)19)12-15-2-6-17(24)7-3-15/h2-12H,13H2,1H3/b21-12-. The highest BCUT2D eigenvalue weighted by Gasteiger charge is 2.30. The zero-order chi connectivity index (χ0) is 21.3. The molecule has 1 heterocycles. The summed E-state index contributed by atoms with van der Waals surface area (Å²) >= 11 is 5.90. The summed E-state index contributed by atoms with van der Waals surface area (Å²) in [5.74, 6) is 1.10. The van der Waals surface area contributed by atoms with E-state index in [-0.39, 0.29) is 23.8 Å². The van der Waals surface area contributed by atoms with Crippen molar-refractivity contribution in [2.24, 2.45) is 0 Å². The predicted octanol–water partition coefficient (Wildman–Crippen LogP) is 5.75. The monoisotopic (exact) mass is 421 g/mol. The molecule has 3 aromatic carbocycles. The number of nitro groups is 1. The van der Waals surface area contributed by atoms with E-state index in [1.54, 1.807) is 54.6 Å². The van der Waals surface area contributed by atoms with E-state index in [2.05, 4.69) is 0 Å². The van der Waals surface area contributed by atoms with Gasteiger partial charge in [0, 0.05) is 22.7 Å². The van der Waals surface area contributed by atoms with Crippen molar-refractivity contribution in [1.82, 2.24) is 0 Å². The van der Waals surface area contributed by atoms with Gasteiger partial charge in [0.25, 0.3) is 5.69 Å². The fourth-order valence-corrected chi connectivity index (χ4v) is 3.24. The van der Waals surface area contributed by atoms with Crippen LogP contribution in [0.1, 0.15) is 27.0 Å². The Kier molecular flexibility index (Phi) is 5.25. The number of Topliss-reactive ketones (excluding diaryl/α,β-unsaturated/α-hetero) is 1. The van der Waals surface area contributed by atoms with Gasteiger partial charge in [-0.2, -0.15) is 0 Å². The number of nitro benzene ring substituents is 1. The molecule has 7 heteroatoms. The highest BCUT2D eigenvalue weighted by molar-refractivity contribution is 6.30. The molecule has 6 nitrogen and oxygen atoms in total. The van der Waals surface area contributed by atoms with Crippen molar-refractivity contribution < 1.29 is 19.2 Å². The number of carbonyl (C=O) groups excluding carboxylic acids is 1. The van der Waals surface area contributed by atoms with Crippen LogP contribution >= 0.6 is 11.6 Å². The molecule has 0 amide bonds. The van der Waals surface area contributed by atoms with Crippen LogP contribution in [-0.2, 0) is 6.61 Å². The molecule has 0 bridgehead atoms. The van der Waals surface area contributed by atoms with Crippen molar-refractivity contribution in [3.8, 4) is 11.5 Å². The van der Waals surface area contributed by atoms with Crippen molar-refractivity contribution in [1.29, 1.82) is 0 Å². The molecule has 4 rings (SSSR count). The molecule has 0 atom stereocenters. The van der Waals surface area contributed by atoms with E-state index in [4.69, 9.17) is 21.1 Å². The molecule has 1 aliphatic rings. The van der Waals surface area contributed by atoms with Gasteiger partial charge in [0.2, 0.25) is 5.78 Å². The summed E-state index contributed by atoms with van der Waals surface area (Å²) in [7, 11) is 0. The normalized spacial score (nSPS) is 13.8. The van der Waals surface area contributed by atoms with E-state index in [1.165, 1.54) is 12.1 Å². The first-order valence-corrected chi connectivity index (χ1v) is 9.50. The zero-order valence-electron chi connectivity index (χ0n) is 15.9. The second-order valence-electron chi connectivity index (χ2n) is 6.77. The maximum atomic E-state index is 12.7. The van der Waals surface area contributed by atoms with Crippen molar-refractivity contribution in [3.05, 3.63) is 104 Å². The van der Waals surface area contributed by atoms with Crippen molar-refractivity contribution >= 4 is 29.1 Å².